The highest BCUT2D eigenvalue weighted by Crippen LogP contribution is 2.39. The van der Waals surface area contributed by atoms with Gasteiger partial charge in [0.15, 0.2) is 0 Å². The maximum Gasteiger partial charge on any atom is 0.232 e. The quantitative estimate of drug-likeness (QED) is 0.786. The SMILES string of the molecule is CC1(C(=O)N(CC2CC2)C2CC2)COCC1N. The second kappa shape index (κ2) is 3.95. The highest BCUT2D eigenvalue weighted by molar-refractivity contribution is 5.84. The highest BCUT2D eigenvalue weighted by atomic mass is 16.5. The Labute approximate surface area is 102 Å². The number of carbonyl (C=O) groups is 1. The molecule has 3 fully saturated rings. The lowest BCUT2D eigenvalue weighted by molar-refractivity contribution is -0.142. The summed E-state index contributed by atoms with van der Waals surface area (Å²) in [6, 6.07) is 0.350. The van der Waals surface area contributed by atoms with Gasteiger partial charge in [0.25, 0.3) is 0 Å². The Morgan fingerprint density at radius 3 is 2.59 bits per heavy atom. The summed E-state index contributed by atoms with van der Waals surface area (Å²) in [6.45, 7) is 3.92. The van der Waals surface area contributed by atoms with Crippen LogP contribution in [-0.4, -0.2) is 42.6 Å². The van der Waals surface area contributed by atoms with Gasteiger partial charge in [0, 0.05) is 18.6 Å². The topological polar surface area (TPSA) is 55.6 Å². The zero-order chi connectivity index (χ0) is 12.0. The molecule has 96 valence electrons. The maximum atomic E-state index is 12.7. The van der Waals surface area contributed by atoms with Gasteiger partial charge >= 0.3 is 0 Å². The van der Waals surface area contributed by atoms with Gasteiger partial charge in [-0.3, -0.25) is 4.79 Å². The molecule has 1 aliphatic heterocycles. The van der Waals surface area contributed by atoms with E-state index in [-0.39, 0.29) is 11.9 Å². The van der Waals surface area contributed by atoms with Crippen LogP contribution in [0.25, 0.3) is 0 Å². The van der Waals surface area contributed by atoms with Crippen molar-refractivity contribution in [1.29, 1.82) is 0 Å². The lowest BCUT2D eigenvalue weighted by Gasteiger charge is -2.33. The van der Waals surface area contributed by atoms with Gasteiger partial charge in [-0.05, 0) is 38.5 Å². The van der Waals surface area contributed by atoms with E-state index in [2.05, 4.69) is 4.90 Å². The van der Waals surface area contributed by atoms with Crippen LogP contribution < -0.4 is 5.73 Å². The first kappa shape index (κ1) is 11.5. The van der Waals surface area contributed by atoms with E-state index in [4.69, 9.17) is 10.5 Å². The summed E-state index contributed by atoms with van der Waals surface area (Å²) in [6.07, 6.45) is 4.92. The Hall–Kier alpha value is -0.610. The molecular weight excluding hydrogens is 216 g/mol. The van der Waals surface area contributed by atoms with Crippen LogP contribution in [0.5, 0.6) is 0 Å². The summed E-state index contributed by atoms with van der Waals surface area (Å²) in [5.41, 5.74) is 5.56. The van der Waals surface area contributed by atoms with Crippen molar-refractivity contribution in [2.24, 2.45) is 17.1 Å². The van der Waals surface area contributed by atoms with E-state index in [1.807, 2.05) is 6.92 Å². The molecule has 17 heavy (non-hydrogen) atoms. The molecule has 0 radical (unpaired) electrons. The van der Waals surface area contributed by atoms with Crippen LogP contribution in [0.3, 0.4) is 0 Å². The van der Waals surface area contributed by atoms with Crippen LogP contribution in [0.4, 0.5) is 0 Å². The van der Waals surface area contributed by atoms with Crippen molar-refractivity contribution in [2.45, 2.75) is 44.7 Å². The van der Waals surface area contributed by atoms with E-state index >= 15 is 0 Å². The molecule has 0 aromatic heterocycles. The van der Waals surface area contributed by atoms with Crippen LogP contribution >= 0.6 is 0 Å². The lowest BCUT2D eigenvalue weighted by atomic mass is 9.84. The Kier molecular flexibility index (Phi) is 2.67. The number of ether oxygens (including phenoxy) is 1. The minimum atomic E-state index is -0.489. The molecule has 0 spiro atoms. The smallest absolute Gasteiger partial charge is 0.232 e. The summed E-state index contributed by atoms with van der Waals surface area (Å²) in [5.74, 6) is 0.985. The normalized spacial score (nSPS) is 37.2. The summed E-state index contributed by atoms with van der Waals surface area (Å²) >= 11 is 0. The van der Waals surface area contributed by atoms with Gasteiger partial charge in [-0.15, -0.1) is 0 Å². The molecule has 3 aliphatic rings. The molecule has 2 atom stereocenters. The van der Waals surface area contributed by atoms with Gasteiger partial charge in [-0.2, -0.15) is 0 Å². The van der Waals surface area contributed by atoms with E-state index in [0.29, 0.717) is 19.3 Å². The Balaban J connectivity index is 1.73. The molecule has 4 nitrogen and oxygen atoms in total. The molecule has 0 aromatic carbocycles. The molecule has 2 saturated carbocycles. The monoisotopic (exact) mass is 238 g/mol. The van der Waals surface area contributed by atoms with E-state index in [1.165, 1.54) is 25.7 Å². The number of nitrogens with two attached hydrogens (primary N) is 1. The third-order valence-electron chi connectivity index (χ3n) is 4.41. The number of nitrogens with zero attached hydrogens (tertiary/aromatic N) is 1. The lowest BCUT2D eigenvalue weighted by Crippen LogP contribution is -2.52. The van der Waals surface area contributed by atoms with E-state index in [1.54, 1.807) is 0 Å². The zero-order valence-electron chi connectivity index (χ0n) is 10.5. The molecule has 2 aliphatic carbocycles. The minimum Gasteiger partial charge on any atom is -0.379 e. The van der Waals surface area contributed by atoms with Crippen LogP contribution in [0, 0.1) is 11.3 Å². The van der Waals surface area contributed by atoms with Gasteiger partial charge in [-0.25, -0.2) is 0 Å². The zero-order valence-corrected chi connectivity index (χ0v) is 10.5. The first-order chi connectivity index (χ1) is 8.11. The average molecular weight is 238 g/mol. The summed E-state index contributed by atoms with van der Waals surface area (Å²) in [4.78, 5) is 14.8. The number of rotatable bonds is 4. The average Bonchev–Trinajstić information content (AvgIpc) is 3.18. The van der Waals surface area contributed by atoms with Crippen molar-refractivity contribution in [1.82, 2.24) is 4.90 Å². The highest BCUT2D eigenvalue weighted by Gasteiger charge is 2.49. The number of hydrogen-bond acceptors (Lipinski definition) is 3. The fourth-order valence-corrected chi connectivity index (χ4v) is 2.60. The van der Waals surface area contributed by atoms with Gasteiger partial charge in [0.2, 0.25) is 5.91 Å². The molecule has 0 bridgehead atoms. The Morgan fingerprint density at radius 2 is 2.12 bits per heavy atom. The molecule has 1 heterocycles. The fourth-order valence-electron chi connectivity index (χ4n) is 2.60. The molecule has 2 unspecified atom stereocenters. The van der Waals surface area contributed by atoms with Crippen molar-refractivity contribution in [3.8, 4) is 0 Å². The van der Waals surface area contributed by atoms with E-state index in [0.717, 1.165) is 12.5 Å². The van der Waals surface area contributed by atoms with Crippen LogP contribution in [-0.2, 0) is 9.53 Å². The first-order valence-corrected chi connectivity index (χ1v) is 6.75. The van der Waals surface area contributed by atoms with Crippen molar-refractivity contribution in [3.63, 3.8) is 0 Å². The van der Waals surface area contributed by atoms with Gasteiger partial charge < -0.3 is 15.4 Å². The van der Waals surface area contributed by atoms with Crippen molar-refractivity contribution >= 4 is 5.91 Å². The largest absolute Gasteiger partial charge is 0.379 e. The van der Waals surface area contributed by atoms with E-state index in [9.17, 15) is 4.79 Å². The molecule has 1 saturated heterocycles. The van der Waals surface area contributed by atoms with Crippen molar-refractivity contribution < 1.29 is 9.53 Å². The van der Waals surface area contributed by atoms with Crippen LogP contribution in [0.2, 0.25) is 0 Å². The third kappa shape index (κ3) is 2.08. The minimum absolute atomic E-state index is 0.143. The second-order valence-corrected chi connectivity index (χ2v) is 6.17. The fraction of sp³-hybridized carbons (Fsp3) is 0.923. The molecule has 2 N–H and O–H groups in total. The Bertz CT molecular complexity index is 325. The molecule has 4 heteroatoms. The van der Waals surface area contributed by atoms with Crippen LogP contribution in [0.15, 0.2) is 0 Å². The molecule has 0 aromatic rings. The van der Waals surface area contributed by atoms with Gasteiger partial charge in [-0.1, -0.05) is 0 Å². The molecular formula is C13H22N2O2. The standard InChI is InChI=1S/C13H22N2O2/c1-13(8-17-7-11(13)14)12(16)15(10-4-5-10)6-9-2-3-9/h9-11H,2-8,14H2,1H3. The van der Waals surface area contributed by atoms with Crippen LogP contribution in [0.1, 0.15) is 32.6 Å². The van der Waals surface area contributed by atoms with Crippen molar-refractivity contribution in [3.05, 3.63) is 0 Å². The molecule has 1 amide bonds. The van der Waals surface area contributed by atoms with Gasteiger partial charge in [0.05, 0.1) is 18.6 Å². The third-order valence-corrected chi connectivity index (χ3v) is 4.41. The van der Waals surface area contributed by atoms with E-state index < -0.39 is 5.41 Å². The van der Waals surface area contributed by atoms with Gasteiger partial charge in [0.1, 0.15) is 0 Å². The predicted molar refractivity (Wildman–Crippen MR) is 64.4 cm³/mol. The summed E-state index contributed by atoms with van der Waals surface area (Å²) in [5, 5.41) is 0. The maximum absolute atomic E-state index is 12.7. The number of amides is 1. The van der Waals surface area contributed by atoms with Crippen molar-refractivity contribution in [2.75, 3.05) is 19.8 Å². The number of hydrogen-bond donors (Lipinski definition) is 1. The number of carbonyl (C=O) groups excluding carboxylic acids is 1. The first-order valence-electron chi connectivity index (χ1n) is 6.75. The summed E-state index contributed by atoms with van der Waals surface area (Å²) < 4.78 is 5.39. The second-order valence-electron chi connectivity index (χ2n) is 6.17. The summed E-state index contributed by atoms with van der Waals surface area (Å²) in [7, 11) is 0. The Morgan fingerprint density at radius 1 is 1.41 bits per heavy atom. The predicted octanol–water partition coefficient (Wildman–Crippen LogP) is 0.751. The molecule has 3 rings (SSSR count).